The number of carbonyl (C=O) groups is 2. The third-order valence-electron chi connectivity index (χ3n) is 4.04. The van der Waals surface area contributed by atoms with Crippen molar-refractivity contribution in [3.63, 3.8) is 0 Å². The van der Waals surface area contributed by atoms with E-state index in [4.69, 9.17) is 9.84 Å². The van der Waals surface area contributed by atoms with Gasteiger partial charge in [0.2, 0.25) is 0 Å². The summed E-state index contributed by atoms with van der Waals surface area (Å²) in [6.45, 7) is 2.34. The normalized spacial score (nSPS) is 10.5. The molecule has 4 heteroatoms. The van der Waals surface area contributed by atoms with Gasteiger partial charge in [0, 0.05) is 6.42 Å². The molecule has 0 aliphatic heterocycles. The minimum Gasteiger partial charge on any atom is -0.494 e. The first kappa shape index (κ1) is 20.2. The van der Waals surface area contributed by atoms with E-state index in [9.17, 15) is 9.59 Å². The summed E-state index contributed by atoms with van der Waals surface area (Å²) in [5.41, 5.74) is 0.281. The summed E-state index contributed by atoms with van der Waals surface area (Å²) in [4.78, 5) is 21.5. The lowest BCUT2D eigenvalue weighted by Gasteiger charge is -2.06. The Balaban J connectivity index is 1.90. The number of benzene rings is 1. The van der Waals surface area contributed by atoms with Crippen molar-refractivity contribution in [1.29, 1.82) is 0 Å². The molecule has 0 amide bonds. The van der Waals surface area contributed by atoms with E-state index in [-0.39, 0.29) is 5.56 Å². The smallest absolute Gasteiger partial charge is 0.335 e. The van der Waals surface area contributed by atoms with Gasteiger partial charge in [-0.3, -0.25) is 0 Å². The molecule has 1 aromatic carbocycles. The van der Waals surface area contributed by atoms with E-state index in [1.165, 1.54) is 38.5 Å². The molecule has 0 spiro atoms. The maximum absolute atomic E-state index is 10.8. The fourth-order valence-electron chi connectivity index (χ4n) is 2.60. The maximum Gasteiger partial charge on any atom is 0.335 e. The molecule has 0 atom stereocenters. The summed E-state index contributed by atoms with van der Waals surface area (Å²) in [5.74, 6) is 0.112. The van der Waals surface area contributed by atoms with Crippen LogP contribution in [0.2, 0.25) is 0 Å². The lowest BCUT2D eigenvalue weighted by Crippen LogP contribution is -1.99. The first-order valence-corrected chi connectivity index (χ1v) is 9.05. The van der Waals surface area contributed by atoms with E-state index in [1.807, 2.05) is 0 Å². The second kappa shape index (κ2) is 12.6. The average Bonchev–Trinajstić information content (AvgIpc) is 2.56. The molecule has 1 aromatic rings. The van der Waals surface area contributed by atoms with Crippen LogP contribution in [0.25, 0.3) is 0 Å². The minimum atomic E-state index is -0.916. The molecule has 0 bridgehead atoms. The Morgan fingerprint density at radius 2 is 1.33 bits per heavy atom. The first-order chi connectivity index (χ1) is 11.6. The molecular formula is C20H30O4. The number of ketones is 1. The van der Waals surface area contributed by atoms with E-state index < -0.39 is 5.97 Å². The molecule has 0 heterocycles. The number of Topliss-reactive ketones (excluding diaryl/α,β-unsaturated/α-hetero) is 1. The van der Waals surface area contributed by atoms with Crippen molar-refractivity contribution in [2.24, 2.45) is 0 Å². The van der Waals surface area contributed by atoms with Crippen LogP contribution in [-0.2, 0) is 4.79 Å². The SMILES string of the molecule is CC(=O)CCCCCCCCCCCOc1ccc(C(=O)O)cc1. The molecule has 0 radical (unpaired) electrons. The highest BCUT2D eigenvalue weighted by Crippen LogP contribution is 2.14. The molecule has 0 fully saturated rings. The molecule has 0 saturated carbocycles. The lowest BCUT2D eigenvalue weighted by atomic mass is 10.1. The number of ether oxygens (including phenoxy) is 1. The van der Waals surface area contributed by atoms with Crippen LogP contribution in [0.1, 0.15) is 81.5 Å². The van der Waals surface area contributed by atoms with Crippen LogP contribution in [0.4, 0.5) is 0 Å². The zero-order valence-corrected chi connectivity index (χ0v) is 14.8. The zero-order valence-electron chi connectivity index (χ0n) is 14.8. The Morgan fingerprint density at radius 3 is 1.83 bits per heavy atom. The lowest BCUT2D eigenvalue weighted by molar-refractivity contribution is -0.117. The van der Waals surface area contributed by atoms with Crippen LogP contribution in [-0.4, -0.2) is 23.5 Å². The van der Waals surface area contributed by atoms with Gasteiger partial charge in [-0.15, -0.1) is 0 Å². The average molecular weight is 334 g/mol. The molecule has 0 aliphatic rings. The molecule has 0 unspecified atom stereocenters. The Kier molecular flexibility index (Phi) is 10.6. The van der Waals surface area contributed by atoms with Crippen molar-refractivity contribution in [3.8, 4) is 5.75 Å². The highest BCUT2D eigenvalue weighted by molar-refractivity contribution is 5.87. The summed E-state index contributed by atoms with van der Waals surface area (Å²) in [5, 5.41) is 8.82. The Morgan fingerprint density at radius 1 is 0.833 bits per heavy atom. The Bertz CT molecular complexity index is 479. The molecule has 1 rings (SSSR count). The summed E-state index contributed by atoms with van der Waals surface area (Å²) in [6.07, 6.45) is 11.4. The molecule has 24 heavy (non-hydrogen) atoms. The number of carboxylic acids is 1. The minimum absolute atomic E-state index is 0.281. The Hall–Kier alpha value is -1.84. The van der Waals surface area contributed by atoms with Crippen LogP contribution >= 0.6 is 0 Å². The summed E-state index contributed by atoms with van der Waals surface area (Å²) >= 11 is 0. The van der Waals surface area contributed by atoms with Gasteiger partial charge < -0.3 is 14.6 Å². The Labute approximate surface area is 145 Å². The van der Waals surface area contributed by atoms with Gasteiger partial charge in [-0.25, -0.2) is 4.79 Å². The molecule has 4 nitrogen and oxygen atoms in total. The number of carbonyl (C=O) groups excluding carboxylic acids is 1. The van der Waals surface area contributed by atoms with Gasteiger partial charge in [-0.1, -0.05) is 44.9 Å². The van der Waals surface area contributed by atoms with Gasteiger partial charge in [0.25, 0.3) is 0 Å². The van der Waals surface area contributed by atoms with Crippen molar-refractivity contribution in [1.82, 2.24) is 0 Å². The number of hydrogen-bond donors (Lipinski definition) is 1. The van der Waals surface area contributed by atoms with Crippen LogP contribution < -0.4 is 4.74 Å². The third kappa shape index (κ3) is 10.0. The summed E-state index contributed by atoms with van der Waals surface area (Å²) in [6, 6.07) is 6.54. The summed E-state index contributed by atoms with van der Waals surface area (Å²) in [7, 11) is 0. The number of hydrogen-bond acceptors (Lipinski definition) is 3. The van der Waals surface area contributed by atoms with Crippen molar-refractivity contribution in [3.05, 3.63) is 29.8 Å². The highest BCUT2D eigenvalue weighted by atomic mass is 16.5. The van der Waals surface area contributed by atoms with Crippen molar-refractivity contribution in [2.75, 3.05) is 6.61 Å². The number of aromatic carboxylic acids is 1. The van der Waals surface area contributed by atoms with Crippen LogP contribution in [0.15, 0.2) is 24.3 Å². The predicted octanol–water partition coefficient (Wildman–Crippen LogP) is 5.25. The van der Waals surface area contributed by atoms with Crippen LogP contribution in [0, 0.1) is 0 Å². The summed E-state index contributed by atoms with van der Waals surface area (Å²) < 4.78 is 5.61. The fourth-order valence-corrected chi connectivity index (χ4v) is 2.60. The number of rotatable bonds is 14. The fraction of sp³-hybridized carbons (Fsp3) is 0.600. The van der Waals surface area contributed by atoms with Crippen LogP contribution in [0.5, 0.6) is 5.75 Å². The number of unbranched alkanes of at least 4 members (excludes halogenated alkanes) is 8. The number of carboxylic acid groups (broad SMARTS) is 1. The van der Waals surface area contributed by atoms with Crippen molar-refractivity contribution < 1.29 is 19.4 Å². The van der Waals surface area contributed by atoms with E-state index in [1.54, 1.807) is 31.2 Å². The largest absolute Gasteiger partial charge is 0.494 e. The van der Waals surface area contributed by atoms with Crippen molar-refractivity contribution >= 4 is 11.8 Å². The quantitative estimate of drug-likeness (QED) is 0.472. The maximum atomic E-state index is 10.8. The second-order valence-electron chi connectivity index (χ2n) is 6.31. The zero-order chi connectivity index (χ0) is 17.6. The van der Waals surface area contributed by atoms with E-state index in [2.05, 4.69) is 0 Å². The predicted molar refractivity (Wildman–Crippen MR) is 95.7 cm³/mol. The van der Waals surface area contributed by atoms with E-state index >= 15 is 0 Å². The highest BCUT2D eigenvalue weighted by Gasteiger charge is 2.02. The first-order valence-electron chi connectivity index (χ1n) is 9.05. The molecule has 0 saturated heterocycles. The van der Waals surface area contributed by atoms with Crippen LogP contribution in [0.3, 0.4) is 0 Å². The van der Waals surface area contributed by atoms with Gasteiger partial charge in [0.05, 0.1) is 12.2 Å². The van der Waals surface area contributed by atoms with Crippen molar-refractivity contribution in [2.45, 2.75) is 71.1 Å². The second-order valence-corrected chi connectivity index (χ2v) is 6.31. The topological polar surface area (TPSA) is 63.6 Å². The standard InChI is InChI=1S/C20H30O4/c1-17(21)11-9-7-5-3-2-4-6-8-10-16-24-19-14-12-18(13-15-19)20(22)23/h12-15H,2-11,16H2,1H3,(H,22,23). The van der Waals surface area contributed by atoms with Gasteiger partial charge in [0.1, 0.15) is 11.5 Å². The molecule has 0 aromatic heterocycles. The molecule has 134 valence electrons. The van der Waals surface area contributed by atoms with Gasteiger partial charge >= 0.3 is 5.97 Å². The monoisotopic (exact) mass is 334 g/mol. The van der Waals surface area contributed by atoms with E-state index in [0.29, 0.717) is 12.4 Å². The van der Waals surface area contributed by atoms with Gasteiger partial charge in [-0.2, -0.15) is 0 Å². The molecule has 1 N–H and O–H groups in total. The van der Waals surface area contributed by atoms with E-state index in [0.717, 1.165) is 31.4 Å². The van der Waals surface area contributed by atoms with Gasteiger partial charge in [-0.05, 0) is 44.0 Å². The third-order valence-corrected chi connectivity index (χ3v) is 4.04. The molecular weight excluding hydrogens is 304 g/mol. The molecule has 0 aliphatic carbocycles. The van der Waals surface area contributed by atoms with Gasteiger partial charge in [0.15, 0.2) is 0 Å².